The molecule has 13 heavy (non-hydrogen) atoms. The number of rotatable bonds is 5. The van der Waals surface area contributed by atoms with E-state index in [1.807, 2.05) is 0 Å². The molecule has 74 valence electrons. The molecule has 0 radical (unpaired) electrons. The van der Waals surface area contributed by atoms with Gasteiger partial charge in [-0.1, -0.05) is 6.08 Å². The standard InChI is InChI=1S/C9H15NO3/c1-4-5-10(6-7-11)9(12)13-8(2)3/h4,7-8H,1,5-6H2,2-3H3. The minimum absolute atomic E-state index is 0.0393. The summed E-state index contributed by atoms with van der Waals surface area (Å²) in [6.07, 6.45) is 1.55. The third-order valence-electron chi connectivity index (χ3n) is 1.24. The van der Waals surface area contributed by atoms with Crippen LogP contribution in [0.25, 0.3) is 0 Å². The number of nitrogens with zero attached hydrogens (tertiary/aromatic N) is 1. The fourth-order valence-electron chi connectivity index (χ4n) is 0.746. The van der Waals surface area contributed by atoms with Gasteiger partial charge in [-0.2, -0.15) is 0 Å². The second kappa shape index (κ2) is 6.22. The molecule has 0 heterocycles. The van der Waals surface area contributed by atoms with Crippen LogP contribution in [0.4, 0.5) is 4.79 Å². The Morgan fingerprint density at radius 3 is 2.54 bits per heavy atom. The molecular weight excluding hydrogens is 170 g/mol. The second-order valence-corrected chi connectivity index (χ2v) is 2.79. The first-order valence-electron chi connectivity index (χ1n) is 4.12. The molecule has 4 nitrogen and oxygen atoms in total. The molecule has 0 saturated carbocycles. The van der Waals surface area contributed by atoms with Crippen molar-refractivity contribution in [2.75, 3.05) is 13.1 Å². The topological polar surface area (TPSA) is 46.6 Å². The molecule has 0 aromatic rings. The van der Waals surface area contributed by atoms with E-state index in [1.54, 1.807) is 19.9 Å². The zero-order valence-corrected chi connectivity index (χ0v) is 8.03. The Bertz CT molecular complexity index is 179. The summed E-state index contributed by atoms with van der Waals surface area (Å²) in [6.45, 7) is 7.35. The van der Waals surface area contributed by atoms with E-state index in [0.717, 1.165) is 0 Å². The molecule has 0 aromatic carbocycles. The normalized spacial score (nSPS) is 9.46. The summed E-state index contributed by atoms with van der Waals surface area (Å²) in [7, 11) is 0. The number of ether oxygens (including phenoxy) is 1. The van der Waals surface area contributed by atoms with Crippen molar-refractivity contribution in [2.24, 2.45) is 0 Å². The highest BCUT2D eigenvalue weighted by molar-refractivity contribution is 5.71. The van der Waals surface area contributed by atoms with Crippen molar-refractivity contribution in [2.45, 2.75) is 20.0 Å². The summed E-state index contributed by atoms with van der Waals surface area (Å²) in [4.78, 5) is 22.7. The van der Waals surface area contributed by atoms with Crippen LogP contribution in [0.5, 0.6) is 0 Å². The van der Waals surface area contributed by atoms with Gasteiger partial charge in [-0.25, -0.2) is 4.79 Å². The minimum atomic E-state index is -0.484. The SMILES string of the molecule is C=CCN(CC=O)C(=O)OC(C)C. The van der Waals surface area contributed by atoms with E-state index in [0.29, 0.717) is 12.8 Å². The van der Waals surface area contributed by atoms with Crippen LogP contribution < -0.4 is 0 Å². The van der Waals surface area contributed by atoms with E-state index in [9.17, 15) is 9.59 Å². The third kappa shape index (κ3) is 5.00. The van der Waals surface area contributed by atoms with Crippen LogP contribution in [0.15, 0.2) is 12.7 Å². The predicted octanol–water partition coefficient (Wildman–Crippen LogP) is 1.22. The van der Waals surface area contributed by atoms with Gasteiger partial charge in [-0.3, -0.25) is 4.90 Å². The van der Waals surface area contributed by atoms with Crippen molar-refractivity contribution in [3.8, 4) is 0 Å². The van der Waals surface area contributed by atoms with E-state index in [-0.39, 0.29) is 12.6 Å². The average molecular weight is 185 g/mol. The Hall–Kier alpha value is -1.32. The Kier molecular flexibility index (Phi) is 5.59. The smallest absolute Gasteiger partial charge is 0.410 e. The first-order valence-corrected chi connectivity index (χ1v) is 4.12. The third-order valence-corrected chi connectivity index (χ3v) is 1.24. The highest BCUT2D eigenvalue weighted by Gasteiger charge is 2.13. The van der Waals surface area contributed by atoms with Gasteiger partial charge < -0.3 is 9.53 Å². The Morgan fingerprint density at radius 1 is 1.54 bits per heavy atom. The van der Waals surface area contributed by atoms with E-state index in [2.05, 4.69) is 6.58 Å². The van der Waals surface area contributed by atoms with Crippen molar-refractivity contribution in [1.29, 1.82) is 0 Å². The monoisotopic (exact) mass is 185 g/mol. The van der Waals surface area contributed by atoms with Crippen molar-refractivity contribution in [1.82, 2.24) is 4.90 Å². The number of carbonyl (C=O) groups excluding carboxylic acids is 2. The number of carbonyl (C=O) groups is 2. The van der Waals surface area contributed by atoms with Crippen molar-refractivity contribution < 1.29 is 14.3 Å². The lowest BCUT2D eigenvalue weighted by molar-refractivity contribution is -0.108. The van der Waals surface area contributed by atoms with Crippen LogP contribution in [-0.2, 0) is 9.53 Å². The molecule has 0 aliphatic heterocycles. The van der Waals surface area contributed by atoms with Gasteiger partial charge in [0, 0.05) is 6.54 Å². The molecule has 0 fully saturated rings. The molecule has 0 rings (SSSR count). The van der Waals surface area contributed by atoms with Crippen molar-refractivity contribution in [3.63, 3.8) is 0 Å². The number of aldehydes is 1. The molecule has 0 N–H and O–H groups in total. The number of hydrogen-bond donors (Lipinski definition) is 0. The maximum Gasteiger partial charge on any atom is 0.410 e. The molecule has 0 saturated heterocycles. The predicted molar refractivity (Wildman–Crippen MR) is 49.5 cm³/mol. The summed E-state index contributed by atoms with van der Waals surface area (Å²) in [6, 6.07) is 0. The molecule has 0 atom stereocenters. The lowest BCUT2D eigenvalue weighted by Crippen LogP contribution is -2.34. The average Bonchev–Trinajstić information content (AvgIpc) is 2.02. The summed E-state index contributed by atoms with van der Waals surface area (Å²) in [5, 5.41) is 0. The first kappa shape index (κ1) is 11.7. The first-order chi connectivity index (χ1) is 6.11. The second-order valence-electron chi connectivity index (χ2n) is 2.79. The molecular formula is C9H15NO3. The minimum Gasteiger partial charge on any atom is -0.447 e. The quantitative estimate of drug-likeness (QED) is 0.478. The van der Waals surface area contributed by atoms with Crippen molar-refractivity contribution in [3.05, 3.63) is 12.7 Å². The van der Waals surface area contributed by atoms with Gasteiger partial charge in [0.1, 0.15) is 6.29 Å². The molecule has 0 aliphatic rings. The maximum absolute atomic E-state index is 11.2. The highest BCUT2D eigenvalue weighted by Crippen LogP contribution is 1.97. The summed E-state index contributed by atoms with van der Waals surface area (Å²) in [5.74, 6) is 0. The molecule has 4 heteroatoms. The van der Waals surface area contributed by atoms with Crippen LogP contribution in [0.3, 0.4) is 0 Å². The number of hydrogen-bond acceptors (Lipinski definition) is 3. The summed E-state index contributed by atoms with van der Waals surface area (Å²) in [5.41, 5.74) is 0. The Morgan fingerprint density at radius 2 is 2.15 bits per heavy atom. The maximum atomic E-state index is 11.2. The van der Waals surface area contributed by atoms with E-state index in [4.69, 9.17) is 4.74 Å². The van der Waals surface area contributed by atoms with Crippen molar-refractivity contribution >= 4 is 12.4 Å². The van der Waals surface area contributed by atoms with E-state index >= 15 is 0 Å². The molecule has 0 aromatic heterocycles. The van der Waals surface area contributed by atoms with Gasteiger partial charge in [0.05, 0.1) is 12.6 Å². The molecule has 0 aliphatic carbocycles. The summed E-state index contributed by atoms with van der Waals surface area (Å²) >= 11 is 0. The van der Waals surface area contributed by atoms with Crippen LogP contribution in [0.1, 0.15) is 13.8 Å². The van der Waals surface area contributed by atoms with Crippen LogP contribution in [-0.4, -0.2) is 36.5 Å². The van der Waals surface area contributed by atoms with Gasteiger partial charge in [-0.05, 0) is 13.8 Å². The highest BCUT2D eigenvalue weighted by atomic mass is 16.6. The molecule has 0 unspecified atom stereocenters. The molecule has 0 spiro atoms. The fraction of sp³-hybridized carbons (Fsp3) is 0.556. The summed E-state index contributed by atoms with van der Waals surface area (Å²) < 4.78 is 4.90. The Labute approximate surface area is 78.2 Å². The Balaban J connectivity index is 4.09. The van der Waals surface area contributed by atoms with Gasteiger partial charge in [0.25, 0.3) is 0 Å². The van der Waals surface area contributed by atoms with Gasteiger partial charge in [-0.15, -0.1) is 6.58 Å². The molecule has 1 amide bonds. The van der Waals surface area contributed by atoms with Gasteiger partial charge >= 0.3 is 6.09 Å². The zero-order chi connectivity index (χ0) is 10.3. The van der Waals surface area contributed by atoms with Gasteiger partial charge in [0.2, 0.25) is 0 Å². The van der Waals surface area contributed by atoms with E-state index < -0.39 is 6.09 Å². The van der Waals surface area contributed by atoms with Crippen LogP contribution in [0, 0.1) is 0 Å². The van der Waals surface area contributed by atoms with Crippen LogP contribution >= 0.6 is 0 Å². The number of amides is 1. The van der Waals surface area contributed by atoms with Crippen LogP contribution in [0.2, 0.25) is 0 Å². The zero-order valence-electron chi connectivity index (χ0n) is 8.03. The largest absolute Gasteiger partial charge is 0.447 e. The fourth-order valence-corrected chi connectivity index (χ4v) is 0.746. The lowest BCUT2D eigenvalue weighted by Gasteiger charge is -2.19. The molecule has 0 bridgehead atoms. The van der Waals surface area contributed by atoms with E-state index in [1.165, 1.54) is 4.90 Å². The van der Waals surface area contributed by atoms with Gasteiger partial charge in [0.15, 0.2) is 0 Å². The lowest BCUT2D eigenvalue weighted by atomic mass is 10.5.